The van der Waals surface area contributed by atoms with Crippen molar-refractivity contribution >= 4 is 0 Å². The largest absolute Gasteiger partial charge is 0.329 e. The van der Waals surface area contributed by atoms with Gasteiger partial charge in [-0.15, -0.1) is 0 Å². The molecule has 0 aliphatic carbocycles. The number of likely N-dealkylation sites (tertiary alicyclic amines) is 2. The minimum atomic E-state index is 0.302. The summed E-state index contributed by atoms with van der Waals surface area (Å²) in [5, 5.41) is 0. The molecule has 2 heterocycles. The van der Waals surface area contributed by atoms with Crippen LogP contribution in [0.1, 0.15) is 33.1 Å². The molecule has 0 radical (unpaired) electrons. The van der Waals surface area contributed by atoms with E-state index >= 15 is 0 Å². The van der Waals surface area contributed by atoms with E-state index in [0.717, 1.165) is 12.5 Å². The van der Waals surface area contributed by atoms with E-state index in [-0.39, 0.29) is 0 Å². The minimum Gasteiger partial charge on any atom is -0.329 e. The molecular weight excluding hydrogens is 198 g/mol. The van der Waals surface area contributed by atoms with Gasteiger partial charge < -0.3 is 10.6 Å². The first-order valence-electron chi connectivity index (χ1n) is 6.73. The van der Waals surface area contributed by atoms with Crippen LogP contribution in [0.25, 0.3) is 0 Å². The van der Waals surface area contributed by atoms with Gasteiger partial charge >= 0.3 is 0 Å². The van der Waals surface area contributed by atoms with E-state index in [1.165, 1.54) is 38.9 Å². The lowest BCUT2D eigenvalue weighted by atomic mass is 9.82. The van der Waals surface area contributed by atoms with Crippen LogP contribution in [0, 0.1) is 5.92 Å². The summed E-state index contributed by atoms with van der Waals surface area (Å²) in [7, 11) is 2.23. The Balaban J connectivity index is 2.07. The molecule has 2 aliphatic heterocycles. The van der Waals surface area contributed by atoms with Gasteiger partial charge in [0.2, 0.25) is 0 Å². The molecule has 2 aliphatic rings. The van der Waals surface area contributed by atoms with Crippen LogP contribution in [0.15, 0.2) is 0 Å². The normalized spacial score (nSPS) is 42.8. The zero-order valence-electron chi connectivity index (χ0n) is 11.1. The summed E-state index contributed by atoms with van der Waals surface area (Å²) in [5.41, 5.74) is 6.41. The van der Waals surface area contributed by atoms with Crippen molar-refractivity contribution in [1.82, 2.24) is 9.80 Å². The molecule has 2 fully saturated rings. The molecular formula is C13H27N3. The maximum atomic E-state index is 6.11. The van der Waals surface area contributed by atoms with Gasteiger partial charge in [0.05, 0.1) is 0 Å². The number of nitrogens with two attached hydrogens (primary N) is 1. The van der Waals surface area contributed by atoms with Crippen LogP contribution in [0.4, 0.5) is 0 Å². The van der Waals surface area contributed by atoms with Gasteiger partial charge in [-0.2, -0.15) is 0 Å². The fourth-order valence-corrected chi connectivity index (χ4v) is 3.38. The quantitative estimate of drug-likeness (QED) is 0.765. The number of hydrogen-bond donors (Lipinski definition) is 1. The summed E-state index contributed by atoms with van der Waals surface area (Å²) in [5.74, 6) is 0.860. The van der Waals surface area contributed by atoms with Crippen molar-refractivity contribution in [3.8, 4) is 0 Å². The second-order valence-electron chi connectivity index (χ2n) is 6.05. The van der Waals surface area contributed by atoms with Crippen molar-refractivity contribution in [3.63, 3.8) is 0 Å². The predicted octanol–water partition coefficient (Wildman–Crippen LogP) is 1.14. The number of hydrogen-bond acceptors (Lipinski definition) is 3. The molecule has 0 aromatic carbocycles. The summed E-state index contributed by atoms with van der Waals surface area (Å²) >= 11 is 0. The molecule has 2 N–H and O–H groups in total. The third kappa shape index (κ3) is 2.13. The van der Waals surface area contributed by atoms with Crippen molar-refractivity contribution in [2.75, 3.05) is 33.2 Å². The van der Waals surface area contributed by atoms with Gasteiger partial charge in [-0.1, -0.05) is 6.92 Å². The molecule has 0 aromatic heterocycles. The van der Waals surface area contributed by atoms with E-state index in [1.807, 2.05) is 0 Å². The highest BCUT2D eigenvalue weighted by atomic mass is 15.3. The molecule has 2 rings (SSSR count). The molecule has 0 aromatic rings. The Morgan fingerprint density at radius 3 is 2.56 bits per heavy atom. The first-order valence-corrected chi connectivity index (χ1v) is 6.73. The lowest BCUT2D eigenvalue weighted by molar-refractivity contribution is 0.0235. The Morgan fingerprint density at radius 1 is 1.31 bits per heavy atom. The Labute approximate surface area is 100.0 Å². The van der Waals surface area contributed by atoms with Crippen molar-refractivity contribution < 1.29 is 0 Å². The summed E-state index contributed by atoms with van der Waals surface area (Å²) in [6.07, 6.45) is 3.84. The van der Waals surface area contributed by atoms with E-state index in [0.29, 0.717) is 11.6 Å². The highest BCUT2D eigenvalue weighted by molar-refractivity contribution is 5.00. The second-order valence-corrected chi connectivity index (χ2v) is 6.05. The Morgan fingerprint density at radius 2 is 2.06 bits per heavy atom. The van der Waals surface area contributed by atoms with E-state index in [2.05, 4.69) is 30.7 Å². The van der Waals surface area contributed by atoms with Crippen LogP contribution < -0.4 is 5.73 Å². The zero-order valence-corrected chi connectivity index (χ0v) is 11.1. The Kier molecular flexibility index (Phi) is 3.57. The molecule has 0 amide bonds. The average Bonchev–Trinajstić information content (AvgIpc) is 2.70. The van der Waals surface area contributed by atoms with Crippen LogP contribution in [-0.2, 0) is 0 Å². The summed E-state index contributed by atoms with van der Waals surface area (Å²) in [6, 6.07) is 0.674. The van der Waals surface area contributed by atoms with E-state index in [4.69, 9.17) is 5.73 Å². The standard InChI is InChI=1S/C13H27N3/c1-11-4-6-16(9-11)13(10-14)5-7-15(3)12(2)8-13/h11-12H,4-10,14H2,1-3H3. The first-order chi connectivity index (χ1) is 7.57. The van der Waals surface area contributed by atoms with Gasteiger partial charge in [-0.05, 0) is 52.2 Å². The van der Waals surface area contributed by atoms with Crippen LogP contribution in [0.5, 0.6) is 0 Å². The summed E-state index contributed by atoms with van der Waals surface area (Å²) in [4.78, 5) is 5.15. The Bertz CT molecular complexity index is 243. The Hall–Kier alpha value is -0.120. The molecule has 94 valence electrons. The van der Waals surface area contributed by atoms with Gasteiger partial charge in [-0.25, -0.2) is 0 Å². The molecule has 0 bridgehead atoms. The molecule has 3 atom stereocenters. The SMILES string of the molecule is CC1CCN(C2(CN)CCN(C)C(C)C2)C1. The topological polar surface area (TPSA) is 32.5 Å². The van der Waals surface area contributed by atoms with Gasteiger partial charge in [-0.3, -0.25) is 4.90 Å². The van der Waals surface area contributed by atoms with Crippen molar-refractivity contribution in [2.24, 2.45) is 11.7 Å². The fraction of sp³-hybridized carbons (Fsp3) is 1.00. The van der Waals surface area contributed by atoms with Crippen LogP contribution >= 0.6 is 0 Å². The number of piperidine rings is 1. The molecule has 0 saturated carbocycles. The van der Waals surface area contributed by atoms with Crippen LogP contribution in [-0.4, -0.2) is 54.6 Å². The monoisotopic (exact) mass is 225 g/mol. The van der Waals surface area contributed by atoms with Crippen LogP contribution in [0.2, 0.25) is 0 Å². The van der Waals surface area contributed by atoms with Crippen molar-refractivity contribution in [2.45, 2.75) is 44.7 Å². The fourth-order valence-electron chi connectivity index (χ4n) is 3.38. The summed E-state index contributed by atoms with van der Waals surface area (Å²) in [6.45, 7) is 9.25. The van der Waals surface area contributed by atoms with Gasteiger partial charge in [0.25, 0.3) is 0 Å². The molecule has 16 heavy (non-hydrogen) atoms. The highest BCUT2D eigenvalue weighted by Gasteiger charge is 2.42. The first kappa shape index (κ1) is 12.3. The molecule has 3 nitrogen and oxygen atoms in total. The molecule has 2 saturated heterocycles. The van der Waals surface area contributed by atoms with E-state index in [9.17, 15) is 0 Å². The molecule has 3 heteroatoms. The van der Waals surface area contributed by atoms with Gasteiger partial charge in [0.15, 0.2) is 0 Å². The zero-order chi connectivity index (χ0) is 11.8. The van der Waals surface area contributed by atoms with Crippen molar-refractivity contribution in [3.05, 3.63) is 0 Å². The van der Waals surface area contributed by atoms with Crippen LogP contribution in [0.3, 0.4) is 0 Å². The lowest BCUT2D eigenvalue weighted by Gasteiger charge is -2.49. The summed E-state index contributed by atoms with van der Waals surface area (Å²) < 4.78 is 0. The molecule has 3 unspecified atom stereocenters. The van der Waals surface area contributed by atoms with Crippen molar-refractivity contribution in [1.29, 1.82) is 0 Å². The number of rotatable bonds is 2. The average molecular weight is 225 g/mol. The van der Waals surface area contributed by atoms with E-state index in [1.54, 1.807) is 0 Å². The molecule has 0 spiro atoms. The minimum absolute atomic E-state index is 0.302. The predicted molar refractivity (Wildman–Crippen MR) is 68.5 cm³/mol. The second kappa shape index (κ2) is 4.63. The third-order valence-electron chi connectivity index (χ3n) is 4.83. The third-order valence-corrected chi connectivity index (χ3v) is 4.83. The van der Waals surface area contributed by atoms with E-state index < -0.39 is 0 Å². The maximum Gasteiger partial charge on any atom is 0.0358 e. The maximum absolute atomic E-state index is 6.11. The van der Waals surface area contributed by atoms with Gasteiger partial charge in [0, 0.05) is 24.7 Å². The number of nitrogens with zero attached hydrogens (tertiary/aromatic N) is 2. The lowest BCUT2D eigenvalue weighted by Crippen LogP contribution is -2.60. The smallest absolute Gasteiger partial charge is 0.0358 e. The highest BCUT2D eigenvalue weighted by Crippen LogP contribution is 2.34. The van der Waals surface area contributed by atoms with Gasteiger partial charge in [0.1, 0.15) is 0 Å².